The molecule has 0 radical (unpaired) electrons. The molecule has 2 unspecified atom stereocenters. The third kappa shape index (κ3) is 3.71. The van der Waals surface area contributed by atoms with Crippen molar-refractivity contribution in [2.75, 3.05) is 19.7 Å². The molecule has 1 aliphatic heterocycles. The number of sulfonamides is 1. The van der Waals surface area contributed by atoms with E-state index in [-0.39, 0.29) is 10.9 Å². The van der Waals surface area contributed by atoms with E-state index >= 15 is 0 Å². The normalized spacial score (nSPS) is 23.5. The van der Waals surface area contributed by atoms with Crippen molar-refractivity contribution in [2.45, 2.75) is 31.2 Å². The monoisotopic (exact) mass is 298 g/mol. The number of piperidine rings is 1. The highest BCUT2D eigenvalue weighted by Gasteiger charge is 2.26. The van der Waals surface area contributed by atoms with E-state index in [0.717, 1.165) is 13.0 Å². The second-order valence-corrected chi connectivity index (χ2v) is 6.82. The summed E-state index contributed by atoms with van der Waals surface area (Å²) in [7, 11) is -3.50. The van der Waals surface area contributed by atoms with E-state index in [1.54, 1.807) is 24.3 Å². The standard InChI is InChI=1S/C14H22N2O3S/c1-3-19-12-5-4-6-13(9-12)20(17,18)16-14-10-15-8-7-11(14)2/h4-6,9,11,14-16H,3,7-8,10H2,1-2H3. The number of ether oxygens (including phenoxy) is 1. The maximum atomic E-state index is 12.4. The summed E-state index contributed by atoms with van der Waals surface area (Å²) in [6.07, 6.45) is 0.978. The third-order valence-corrected chi connectivity index (χ3v) is 5.05. The predicted octanol–water partition coefficient (Wildman–Crippen LogP) is 1.36. The molecule has 2 rings (SSSR count). The molecule has 1 heterocycles. The van der Waals surface area contributed by atoms with Gasteiger partial charge in [0.1, 0.15) is 5.75 Å². The first-order valence-electron chi connectivity index (χ1n) is 6.99. The Balaban J connectivity index is 2.15. The lowest BCUT2D eigenvalue weighted by Gasteiger charge is -2.30. The summed E-state index contributed by atoms with van der Waals surface area (Å²) in [4.78, 5) is 0.251. The van der Waals surface area contributed by atoms with E-state index in [0.29, 0.717) is 24.8 Å². The molecular weight excluding hydrogens is 276 g/mol. The highest BCUT2D eigenvalue weighted by atomic mass is 32.2. The molecule has 0 amide bonds. The molecule has 0 saturated carbocycles. The Bertz CT molecular complexity index is 545. The van der Waals surface area contributed by atoms with Gasteiger partial charge in [0.15, 0.2) is 0 Å². The maximum Gasteiger partial charge on any atom is 0.241 e. The largest absolute Gasteiger partial charge is 0.494 e. The quantitative estimate of drug-likeness (QED) is 0.861. The maximum absolute atomic E-state index is 12.4. The van der Waals surface area contributed by atoms with Crippen molar-refractivity contribution in [3.63, 3.8) is 0 Å². The van der Waals surface area contributed by atoms with E-state index < -0.39 is 10.0 Å². The van der Waals surface area contributed by atoms with Crippen LogP contribution in [0.1, 0.15) is 20.3 Å². The molecule has 2 atom stereocenters. The SMILES string of the molecule is CCOc1cccc(S(=O)(=O)NC2CNCCC2C)c1. The van der Waals surface area contributed by atoms with Crippen LogP contribution in [0.5, 0.6) is 5.75 Å². The van der Waals surface area contributed by atoms with Gasteiger partial charge < -0.3 is 10.1 Å². The molecule has 112 valence electrons. The minimum Gasteiger partial charge on any atom is -0.494 e. The fourth-order valence-electron chi connectivity index (χ4n) is 2.31. The molecule has 1 aromatic rings. The van der Waals surface area contributed by atoms with Crippen LogP contribution in [0.25, 0.3) is 0 Å². The Morgan fingerprint density at radius 2 is 2.25 bits per heavy atom. The Kier molecular flexibility index (Phi) is 5.01. The van der Waals surface area contributed by atoms with E-state index in [1.807, 2.05) is 6.92 Å². The van der Waals surface area contributed by atoms with Crippen LogP contribution in [0.15, 0.2) is 29.2 Å². The molecule has 5 nitrogen and oxygen atoms in total. The molecule has 1 saturated heterocycles. The van der Waals surface area contributed by atoms with Crippen molar-refractivity contribution in [1.29, 1.82) is 0 Å². The Morgan fingerprint density at radius 1 is 1.45 bits per heavy atom. The van der Waals surface area contributed by atoms with E-state index in [4.69, 9.17) is 4.74 Å². The molecule has 2 N–H and O–H groups in total. The van der Waals surface area contributed by atoms with E-state index in [2.05, 4.69) is 17.0 Å². The lowest BCUT2D eigenvalue weighted by Crippen LogP contribution is -2.50. The van der Waals surface area contributed by atoms with Crippen LogP contribution in [-0.4, -0.2) is 34.2 Å². The van der Waals surface area contributed by atoms with Crippen LogP contribution in [0.3, 0.4) is 0 Å². The zero-order valence-electron chi connectivity index (χ0n) is 11.9. The highest BCUT2D eigenvalue weighted by molar-refractivity contribution is 7.89. The minimum atomic E-state index is -3.50. The van der Waals surface area contributed by atoms with Crippen molar-refractivity contribution < 1.29 is 13.2 Å². The first kappa shape index (κ1) is 15.3. The van der Waals surface area contributed by atoms with Crippen LogP contribution >= 0.6 is 0 Å². The molecule has 1 aromatic carbocycles. The summed E-state index contributed by atoms with van der Waals surface area (Å²) in [5, 5.41) is 3.22. The molecule has 0 aliphatic carbocycles. The molecule has 0 aromatic heterocycles. The molecule has 1 aliphatic rings. The van der Waals surface area contributed by atoms with Crippen LogP contribution in [0, 0.1) is 5.92 Å². The van der Waals surface area contributed by atoms with Crippen LogP contribution < -0.4 is 14.8 Å². The predicted molar refractivity (Wildman–Crippen MR) is 78.4 cm³/mol. The van der Waals surface area contributed by atoms with Crippen LogP contribution in [0.4, 0.5) is 0 Å². The smallest absolute Gasteiger partial charge is 0.241 e. The summed E-state index contributed by atoms with van der Waals surface area (Å²) in [6, 6.07) is 6.54. The number of benzene rings is 1. The van der Waals surface area contributed by atoms with Gasteiger partial charge in [0, 0.05) is 18.7 Å². The Labute approximate surface area is 120 Å². The van der Waals surface area contributed by atoms with E-state index in [1.165, 1.54) is 0 Å². The Hall–Kier alpha value is -1.11. The topological polar surface area (TPSA) is 67.4 Å². The number of rotatable bonds is 5. The molecule has 0 bridgehead atoms. The van der Waals surface area contributed by atoms with Crippen molar-refractivity contribution >= 4 is 10.0 Å². The first-order valence-corrected chi connectivity index (χ1v) is 8.47. The van der Waals surface area contributed by atoms with Gasteiger partial charge in [-0.3, -0.25) is 0 Å². The zero-order chi connectivity index (χ0) is 14.6. The second-order valence-electron chi connectivity index (χ2n) is 5.11. The lowest BCUT2D eigenvalue weighted by molar-refractivity contribution is 0.326. The van der Waals surface area contributed by atoms with Crippen LogP contribution in [-0.2, 0) is 10.0 Å². The van der Waals surface area contributed by atoms with Gasteiger partial charge in [0.2, 0.25) is 10.0 Å². The van der Waals surface area contributed by atoms with Gasteiger partial charge in [-0.05, 0) is 37.9 Å². The van der Waals surface area contributed by atoms with E-state index in [9.17, 15) is 8.42 Å². The van der Waals surface area contributed by atoms with Gasteiger partial charge in [-0.1, -0.05) is 13.0 Å². The first-order chi connectivity index (χ1) is 9.53. The van der Waals surface area contributed by atoms with Crippen molar-refractivity contribution in [3.05, 3.63) is 24.3 Å². The third-order valence-electron chi connectivity index (χ3n) is 3.56. The van der Waals surface area contributed by atoms with Gasteiger partial charge in [-0.2, -0.15) is 0 Å². The fourth-order valence-corrected chi connectivity index (χ4v) is 3.69. The molecule has 1 fully saturated rings. The second kappa shape index (κ2) is 6.56. The number of hydrogen-bond donors (Lipinski definition) is 2. The van der Waals surface area contributed by atoms with Gasteiger partial charge in [-0.25, -0.2) is 13.1 Å². The minimum absolute atomic E-state index is 0.0653. The molecular formula is C14H22N2O3S. The zero-order valence-corrected chi connectivity index (χ0v) is 12.7. The van der Waals surface area contributed by atoms with Crippen molar-refractivity contribution in [3.8, 4) is 5.75 Å². The van der Waals surface area contributed by atoms with Gasteiger partial charge in [-0.15, -0.1) is 0 Å². The summed E-state index contributed by atoms with van der Waals surface area (Å²) >= 11 is 0. The summed E-state index contributed by atoms with van der Waals surface area (Å²) in [6.45, 7) is 6.07. The van der Waals surface area contributed by atoms with Crippen molar-refractivity contribution in [1.82, 2.24) is 10.0 Å². The van der Waals surface area contributed by atoms with Gasteiger partial charge in [0.25, 0.3) is 0 Å². The molecule has 6 heteroatoms. The summed E-state index contributed by atoms with van der Waals surface area (Å²) in [5.74, 6) is 0.909. The highest BCUT2D eigenvalue weighted by Crippen LogP contribution is 2.19. The van der Waals surface area contributed by atoms with Crippen LogP contribution in [0.2, 0.25) is 0 Å². The lowest BCUT2D eigenvalue weighted by atomic mass is 9.96. The summed E-state index contributed by atoms with van der Waals surface area (Å²) in [5.41, 5.74) is 0. The number of hydrogen-bond acceptors (Lipinski definition) is 4. The number of nitrogens with one attached hydrogen (secondary N) is 2. The molecule has 0 spiro atoms. The molecule has 20 heavy (non-hydrogen) atoms. The average molecular weight is 298 g/mol. The summed E-state index contributed by atoms with van der Waals surface area (Å²) < 4.78 is 32.9. The average Bonchev–Trinajstić information content (AvgIpc) is 2.42. The Morgan fingerprint density at radius 3 is 2.95 bits per heavy atom. The fraction of sp³-hybridized carbons (Fsp3) is 0.571. The van der Waals surface area contributed by atoms with Gasteiger partial charge >= 0.3 is 0 Å². The van der Waals surface area contributed by atoms with Crippen molar-refractivity contribution in [2.24, 2.45) is 5.92 Å². The van der Waals surface area contributed by atoms with Gasteiger partial charge in [0.05, 0.1) is 11.5 Å².